The van der Waals surface area contributed by atoms with Crippen molar-refractivity contribution in [2.24, 2.45) is 11.8 Å². The van der Waals surface area contributed by atoms with E-state index >= 15 is 0 Å². The van der Waals surface area contributed by atoms with Crippen LogP contribution in [0.3, 0.4) is 0 Å². The van der Waals surface area contributed by atoms with E-state index < -0.39 is 0 Å². The molecule has 5 heteroatoms. The van der Waals surface area contributed by atoms with Crippen LogP contribution in [-0.2, 0) is 17.8 Å². The number of aliphatic hydroxyl groups excluding tert-OH is 1. The molecule has 2 heterocycles. The molecular formula is C15H23N3O2. The lowest BCUT2D eigenvalue weighted by molar-refractivity contribution is -0.136. The van der Waals surface area contributed by atoms with Crippen LogP contribution in [0.25, 0.3) is 0 Å². The van der Waals surface area contributed by atoms with Crippen LogP contribution in [0, 0.1) is 18.8 Å². The summed E-state index contributed by atoms with van der Waals surface area (Å²) in [7, 11) is 1.81. The maximum Gasteiger partial charge on any atom is 0.227 e. The molecule has 1 saturated carbocycles. The second-order valence-corrected chi connectivity index (χ2v) is 6.31. The quantitative estimate of drug-likeness (QED) is 0.892. The Hall–Kier alpha value is -1.36. The average molecular weight is 277 g/mol. The molecule has 2 unspecified atom stereocenters. The van der Waals surface area contributed by atoms with E-state index in [1.165, 1.54) is 0 Å². The third-order valence-electron chi connectivity index (χ3n) is 4.47. The molecule has 0 bridgehead atoms. The Balaban J connectivity index is 1.60. The predicted octanol–water partition coefficient (Wildman–Crippen LogP) is 0.983. The molecule has 1 aromatic rings. The number of aromatic nitrogens is 2. The Morgan fingerprint density at radius 3 is 3.00 bits per heavy atom. The molecular weight excluding hydrogens is 254 g/mol. The van der Waals surface area contributed by atoms with E-state index in [1.807, 2.05) is 20.2 Å². The third kappa shape index (κ3) is 2.73. The van der Waals surface area contributed by atoms with Gasteiger partial charge >= 0.3 is 0 Å². The molecule has 1 aromatic heterocycles. The minimum absolute atomic E-state index is 0.0208. The van der Waals surface area contributed by atoms with Gasteiger partial charge in [-0.1, -0.05) is 0 Å². The lowest BCUT2D eigenvalue weighted by Gasteiger charge is -2.28. The summed E-state index contributed by atoms with van der Waals surface area (Å²) < 4.78 is 2.10. The monoisotopic (exact) mass is 277 g/mol. The van der Waals surface area contributed by atoms with Gasteiger partial charge in [0.15, 0.2) is 0 Å². The van der Waals surface area contributed by atoms with E-state index in [4.69, 9.17) is 0 Å². The number of imidazole rings is 1. The van der Waals surface area contributed by atoms with Crippen molar-refractivity contribution in [3.63, 3.8) is 0 Å². The number of aryl methyl sites for hydroxylation is 2. The lowest BCUT2D eigenvalue weighted by atomic mass is 9.98. The van der Waals surface area contributed by atoms with Crippen LogP contribution in [0.15, 0.2) is 6.20 Å². The number of fused-ring (bicyclic) bond motifs is 1. The van der Waals surface area contributed by atoms with Crippen LogP contribution in [0.1, 0.15) is 30.8 Å². The summed E-state index contributed by atoms with van der Waals surface area (Å²) in [5.41, 5.74) is 1.02. The van der Waals surface area contributed by atoms with Gasteiger partial charge in [-0.15, -0.1) is 0 Å². The second kappa shape index (κ2) is 5.20. The molecule has 1 amide bonds. The van der Waals surface area contributed by atoms with Crippen molar-refractivity contribution in [1.29, 1.82) is 0 Å². The minimum atomic E-state index is -0.349. The fraction of sp³-hybridized carbons (Fsp3) is 0.733. The van der Waals surface area contributed by atoms with Crippen LogP contribution in [-0.4, -0.2) is 45.2 Å². The van der Waals surface area contributed by atoms with Crippen molar-refractivity contribution in [2.75, 3.05) is 13.6 Å². The van der Waals surface area contributed by atoms with Crippen molar-refractivity contribution >= 4 is 5.91 Å². The van der Waals surface area contributed by atoms with Crippen LogP contribution in [0.5, 0.6) is 0 Å². The zero-order chi connectivity index (χ0) is 14.3. The smallest absolute Gasteiger partial charge is 0.227 e. The molecule has 0 saturated heterocycles. The topological polar surface area (TPSA) is 58.4 Å². The van der Waals surface area contributed by atoms with Crippen molar-refractivity contribution in [1.82, 2.24) is 14.5 Å². The Labute approximate surface area is 119 Å². The minimum Gasteiger partial charge on any atom is -0.391 e. The summed E-state index contributed by atoms with van der Waals surface area (Å²) in [4.78, 5) is 18.7. The van der Waals surface area contributed by atoms with E-state index in [0.29, 0.717) is 12.5 Å². The highest BCUT2D eigenvalue weighted by Gasteiger charge is 2.33. The number of nitrogens with zero attached hydrogens (tertiary/aromatic N) is 3. The molecule has 1 N–H and O–H groups in total. The number of likely N-dealkylation sites (N-methyl/N-ethyl adjacent to an activating group) is 1. The molecule has 2 atom stereocenters. The molecule has 3 rings (SSSR count). The first kappa shape index (κ1) is 13.6. The van der Waals surface area contributed by atoms with Crippen LogP contribution in [0.4, 0.5) is 0 Å². The highest BCUT2D eigenvalue weighted by atomic mass is 16.3. The van der Waals surface area contributed by atoms with Gasteiger partial charge in [0, 0.05) is 32.8 Å². The fourth-order valence-electron chi connectivity index (χ4n) is 3.10. The van der Waals surface area contributed by atoms with Gasteiger partial charge in [0.1, 0.15) is 5.82 Å². The van der Waals surface area contributed by atoms with E-state index in [9.17, 15) is 9.90 Å². The Morgan fingerprint density at radius 1 is 1.55 bits per heavy atom. The van der Waals surface area contributed by atoms with E-state index in [0.717, 1.165) is 43.7 Å². The number of rotatable bonds is 4. The van der Waals surface area contributed by atoms with Crippen LogP contribution in [0.2, 0.25) is 0 Å². The molecule has 0 radical (unpaired) electrons. The first-order chi connectivity index (χ1) is 9.54. The first-order valence-electron chi connectivity index (χ1n) is 7.50. The Bertz CT molecular complexity index is 507. The first-order valence-corrected chi connectivity index (χ1v) is 7.50. The zero-order valence-electron chi connectivity index (χ0n) is 12.2. The van der Waals surface area contributed by atoms with Crippen molar-refractivity contribution < 1.29 is 9.90 Å². The molecule has 110 valence electrons. The number of carbonyl (C=O) groups excluding carboxylic acids is 1. The van der Waals surface area contributed by atoms with Crippen LogP contribution >= 0.6 is 0 Å². The summed E-state index contributed by atoms with van der Waals surface area (Å²) in [5, 5.41) is 9.96. The highest BCUT2D eigenvalue weighted by molar-refractivity contribution is 5.78. The van der Waals surface area contributed by atoms with E-state index in [2.05, 4.69) is 9.55 Å². The standard InChI is InChI=1S/C15H23N3O2/c1-10-7-18-8-12(5-6-14(18)16-10)15(20)17(2)9-13(19)11-3-4-11/h7,11-13,19H,3-6,8-9H2,1-2H3. The van der Waals surface area contributed by atoms with E-state index in [-0.39, 0.29) is 17.9 Å². The molecule has 0 spiro atoms. The van der Waals surface area contributed by atoms with Gasteiger partial charge in [-0.2, -0.15) is 0 Å². The molecule has 20 heavy (non-hydrogen) atoms. The van der Waals surface area contributed by atoms with Gasteiger partial charge in [0.2, 0.25) is 5.91 Å². The van der Waals surface area contributed by atoms with Crippen molar-refractivity contribution in [3.05, 3.63) is 17.7 Å². The molecule has 1 aliphatic carbocycles. The summed E-state index contributed by atoms with van der Waals surface area (Å²) in [6.45, 7) is 3.18. The van der Waals surface area contributed by atoms with Gasteiger partial charge in [-0.3, -0.25) is 4.79 Å². The molecule has 1 fully saturated rings. The zero-order valence-corrected chi connectivity index (χ0v) is 12.2. The number of carbonyl (C=O) groups is 1. The summed E-state index contributed by atoms with van der Waals surface area (Å²) in [5.74, 6) is 1.68. The maximum absolute atomic E-state index is 12.5. The summed E-state index contributed by atoms with van der Waals surface area (Å²) in [6, 6.07) is 0. The third-order valence-corrected chi connectivity index (χ3v) is 4.47. The van der Waals surface area contributed by atoms with E-state index in [1.54, 1.807) is 4.90 Å². The largest absolute Gasteiger partial charge is 0.391 e. The molecule has 2 aliphatic rings. The van der Waals surface area contributed by atoms with Gasteiger partial charge in [0.25, 0.3) is 0 Å². The fourth-order valence-corrected chi connectivity index (χ4v) is 3.10. The second-order valence-electron chi connectivity index (χ2n) is 6.31. The summed E-state index contributed by atoms with van der Waals surface area (Å²) in [6.07, 6.45) is 5.60. The van der Waals surface area contributed by atoms with Crippen LogP contribution < -0.4 is 0 Å². The molecule has 0 aromatic carbocycles. The SMILES string of the molecule is Cc1cn2c(n1)CCC(C(=O)N(C)CC(O)C1CC1)C2. The molecule has 5 nitrogen and oxygen atoms in total. The number of hydrogen-bond donors (Lipinski definition) is 1. The highest BCUT2D eigenvalue weighted by Crippen LogP contribution is 2.33. The average Bonchev–Trinajstić information content (AvgIpc) is 3.19. The normalized spacial score (nSPS) is 23.2. The Kier molecular flexibility index (Phi) is 3.54. The van der Waals surface area contributed by atoms with Gasteiger partial charge < -0.3 is 14.6 Å². The Morgan fingerprint density at radius 2 is 2.30 bits per heavy atom. The maximum atomic E-state index is 12.5. The van der Waals surface area contributed by atoms with Crippen molar-refractivity contribution in [2.45, 2.75) is 45.3 Å². The van der Waals surface area contributed by atoms with Crippen molar-refractivity contribution in [3.8, 4) is 0 Å². The number of amides is 1. The number of aliphatic hydroxyl groups is 1. The molecule has 1 aliphatic heterocycles. The predicted molar refractivity (Wildman–Crippen MR) is 75.1 cm³/mol. The summed E-state index contributed by atoms with van der Waals surface area (Å²) >= 11 is 0. The van der Waals surface area contributed by atoms with Gasteiger partial charge in [-0.05, 0) is 32.1 Å². The van der Waals surface area contributed by atoms with Gasteiger partial charge in [-0.25, -0.2) is 4.98 Å². The number of hydrogen-bond acceptors (Lipinski definition) is 3. The van der Waals surface area contributed by atoms with Gasteiger partial charge in [0.05, 0.1) is 17.7 Å². The lowest BCUT2D eigenvalue weighted by Crippen LogP contribution is -2.41.